The number of nitrogens with zero attached hydrogens (tertiary/aromatic N) is 1. The van der Waals surface area contributed by atoms with Crippen molar-refractivity contribution in [2.45, 2.75) is 25.9 Å². The van der Waals surface area contributed by atoms with Crippen LogP contribution in [0.2, 0.25) is 5.02 Å². The van der Waals surface area contributed by atoms with Gasteiger partial charge in [0.05, 0.1) is 22.5 Å². The Morgan fingerprint density at radius 2 is 1.86 bits per heavy atom. The lowest BCUT2D eigenvalue weighted by Crippen LogP contribution is -2.39. The van der Waals surface area contributed by atoms with Crippen molar-refractivity contribution in [2.24, 2.45) is 11.8 Å². The van der Waals surface area contributed by atoms with Gasteiger partial charge in [0.15, 0.2) is 6.10 Å². The van der Waals surface area contributed by atoms with E-state index in [9.17, 15) is 23.6 Å². The Kier molecular flexibility index (Phi) is 5.79. The standard InChI is InChI=1S/C19H18ClFN2O5/c1-10(17(25)22-15-7-6-11(21)8-14(15)20)28-16(24)9-23-18(26)12-4-2-3-5-13(12)19(23)27/h2-3,6-8,10,12-13H,4-5,9H2,1H3,(H,22,25)/t10-,12-,13-/m0/s1. The third-order valence-corrected chi connectivity index (χ3v) is 5.07. The maximum Gasteiger partial charge on any atom is 0.326 e. The van der Waals surface area contributed by atoms with Crippen LogP contribution in [0.15, 0.2) is 30.4 Å². The van der Waals surface area contributed by atoms with E-state index in [4.69, 9.17) is 16.3 Å². The highest BCUT2D eigenvalue weighted by Crippen LogP contribution is 2.34. The number of ether oxygens (including phenoxy) is 1. The summed E-state index contributed by atoms with van der Waals surface area (Å²) in [6.45, 7) is 0.793. The molecule has 0 saturated carbocycles. The lowest BCUT2D eigenvalue weighted by atomic mass is 9.85. The van der Waals surface area contributed by atoms with Crippen LogP contribution in [0.4, 0.5) is 10.1 Å². The number of benzene rings is 1. The smallest absolute Gasteiger partial charge is 0.326 e. The van der Waals surface area contributed by atoms with E-state index < -0.39 is 54.0 Å². The molecule has 1 N–H and O–H groups in total. The number of imide groups is 1. The third-order valence-electron chi connectivity index (χ3n) is 4.75. The van der Waals surface area contributed by atoms with Gasteiger partial charge in [-0.3, -0.25) is 24.1 Å². The number of allylic oxidation sites excluding steroid dienone is 2. The predicted octanol–water partition coefficient (Wildman–Crippen LogP) is 2.30. The van der Waals surface area contributed by atoms with Gasteiger partial charge < -0.3 is 10.1 Å². The molecule has 0 aromatic heterocycles. The molecule has 1 heterocycles. The number of carbonyl (C=O) groups excluding carboxylic acids is 4. The summed E-state index contributed by atoms with van der Waals surface area (Å²) >= 11 is 5.84. The summed E-state index contributed by atoms with van der Waals surface area (Å²) in [5.74, 6) is -3.78. The first kappa shape index (κ1) is 20.0. The number of fused-ring (bicyclic) bond motifs is 1. The first-order valence-corrected chi connectivity index (χ1v) is 9.11. The first-order chi connectivity index (χ1) is 13.3. The SMILES string of the molecule is C[C@H](OC(=O)CN1C(=O)[C@H]2CC=CC[C@@H]2C1=O)C(=O)Nc1ccc(F)cc1Cl. The summed E-state index contributed by atoms with van der Waals surface area (Å²) in [5.41, 5.74) is 0.164. The average molecular weight is 409 g/mol. The second kappa shape index (κ2) is 8.10. The Labute approximate surface area is 165 Å². The van der Waals surface area contributed by atoms with Crippen LogP contribution >= 0.6 is 11.6 Å². The van der Waals surface area contributed by atoms with Crippen molar-refractivity contribution in [3.63, 3.8) is 0 Å². The molecule has 1 aliphatic carbocycles. The van der Waals surface area contributed by atoms with E-state index in [0.29, 0.717) is 12.8 Å². The van der Waals surface area contributed by atoms with E-state index in [0.717, 1.165) is 17.0 Å². The van der Waals surface area contributed by atoms with Gasteiger partial charge in [0.2, 0.25) is 11.8 Å². The van der Waals surface area contributed by atoms with Gasteiger partial charge in [-0.1, -0.05) is 23.8 Å². The van der Waals surface area contributed by atoms with E-state index in [1.165, 1.54) is 13.0 Å². The highest BCUT2D eigenvalue weighted by Gasteiger charge is 2.47. The minimum Gasteiger partial charge on any atom is -0.451 e. The molecule has 3 rings (SSSR count). The maximum absolute atomic E-state index is 13.1. The van der Waals surface area contributed by atoms with E-state index in [-0.39, 0.29) is 10.7 Å². The van der Waals surface area contributed by atoms with Crippen molar-refractivity contribution in [1.29, 1.82) is 0 Å². The van der Waals surface area contributed by atoms with Crippen LogP contribution in [0.3, 0.4) is 0 Å². The molecule has 2 aliphatic rings. The molecule has 9 heteroatoms. The zero-order valence-electron chi connectivity index (χ0n) is 15.0. The number of nitrogens with one attached hydrogen (secondary N) is 1. The molecule has 0 bridgehead atoms. The minimum atomic E-state index is -1.20. The molecule has 1 aromatic carbocycles. The summed E-state index contributed by atoms with van der Waals surface area (Å²) in [4.78, 5) is 49.9. The molecule has 1 aliphatic heterocycles. The second-order valence-electron chi connectivity index (χ2n) is 6.66. The average Bonchev–Trinajstić information content (AvgIpc) is 2.89. The van der Waals surface area contributed by atoms with Crippen molar-refractivity contribution in [3.05, 3.63) is 41.2 Å². The van der Waals surface area contributed by atoms with Crippen LogP contribution in [-0.4, -0.2) is 41.2 Å². The van der Waals surface area contributed by atoms with Gasteiger partial charge in [-0.05, 0) is 38.0 Å². The number of esters is 1. The Bertz CT molecular complexity index is 846. The number of rotatable bonds is 5. The number of amides is 3. The lowest BCUT2D eigenvalue weighted by molar-refractivity contribution is -0.158. The van der Waals surface area contributed by atoms with Gasteiger partial charge in [0.25, 0.3) is 5.91 Å². The fourth-order valence-corrected chi connectivity index (χ4v) is 3.48. The van der Waals surface area contributed by atoms with Crippen LogP contribution in [0, 0.1) is 17.7 Å². The molecule has 148 valence electrons. The number of likely N-dealkylation sites (tertiary alicyclic amines) is 1. The van der Waals surface area contributed by atoms with E-state index in [1.807, 2.05) is 12.2 Å². The normalized spacial score (nSPS) is 22.0. The van der Waals surface area contributed by atoms with Gasteiger partial charge in [-0.15, -0.1) is 0 Å². The van der Waals surface area contributed by atoms with Crippen molar-refractivity contribution in [2.75, 3.05) is 11.9 Å². The van der Waals surface area contributed by atoms with Gasteiger partial charge in [-0.25, -0.2) is 4.39 Å². The number of carbonyl (C=O) groups is 4. The zero-order valence-corrected chi connectivity index (χ0v) is 15.7. The number of anilines is 1. The largest absolute Gasteiger partial charge is 0.451 e. The third kappa shape index (κ3) is 4.06. The van der Waals surface area contributed by atoms with E-state index in [2.05, 4.69) is 5.32 Å². The van der Waals surface area contributed by atoms with Crippen molar-refractivity contribution in [3.8, 4) is 0 Å². The molecule has 1 fully saturated rings. The van der Waals surface area contributed by atoms with Crippen LogP contribution in [-0.2, 0) is 23.9 Å². The van der Waals surface area contributed by atoms with Crippen molar-refractivity contribution < 1.29 is 28.3 Å². The summed E-state index contributed by atoms with van der Waals surface area (Å²) in [5, 5.41) is 2.42. The number of halogens is 2. The molecule has 3 amide bonds. The molecule has 3 atom stereocenters. The Morgan fingerprint density at radius 1 is 1.25 bits per heavy atom. The van der Waals surface area contributed by atoms with E-state index in [1.54, 1.807) is 0 Å². The molecule has 0 unspecified atom stereocenters. The summed E-state index contributed by atoms with van der Waals surface area (Å²) in [6.07, 6.45) is 3.43. The summed E-state index contributed by atoms with van der Waals surface area (Å²) in [7, 11) is 0. The quantitative estimate of drug-likeness (QED) is 0.458. The van der Waals surface area contributed by atoms with Gasteiger partial charge in [0, 0.05) is 0 Å². The second-order valence-corrected chi connectivity index (χ2v) is 7.07. The fraction of sp³-hybridized carbons (Fsp3) is 0.368. The molecule has 0 spiro atoms. The minimum absolute atomic E-state index is 0.00338. The summed E-state index contributed by atoms with van der Waals surface area (Å²) in [6, 6.07) is 3.44. The molecular formula is C19H18ClFN2O5. The van der Waals surface area contributed by atoms with Crippen LogP contribution in [0.1, 0.15) is 19.8 Å². The zero-order chi connectivity index (χ0) is 20.4. The van der Waals surface area contributed by atoms with Gasteiger partial charge in [0.1, 0.15) is 12.4 Å². The molecule has 7 nitrogen and oxygen atoms in total. The fourth-order valence-electron chi connectivity index (χ4n) is 3.27. The van der Waals surface area contributed by atoms with E-state index >= 15 is 0 Å². The van der Waals surface area contributed by atoms with Crippen molar-refractivity contribution >= 4 is 41.0 Å². The van der Waals surface area contributed by atoms with Crippen LogP contribution < -0.4 is 5.32 Å². The highest BCUT2D eigenvalue weighted by atomic mass is 35.5. The van der Waals surface area contributed by atoms with Gasteiger partial charge >= 0.3 is 5.97 Å². The maximum atomic E-state index is 13.1. The molecule has 1 saturated heterocycles. The topological polar surface area (TPSA) is 92.8 Å². The molecular weight excluding hydrogens is 391 g/mol. The highest BCUT2D eigenvalue weighted by molar-refractivity contribution is 6.33. The summed E-state index contributed by atoms with van der Waals surface area (Å²) < 4.78 is 18.1. The Hall–Kier alpha value is -2.74. The van der Waals surface area contributed by atoms with Crippen LogP contribution in [0.25, 0.3) is 0 Å². The van der Waals surface area contributed by atoms with Crippen LogP contribution in [0.5, 0.6) is 0 Å². The lowest BCUT2D eigenvalue weighted by Gasteiger charge is -2.17. The molecule has 0 radical (unpaired) electrons. The number of hydrogen-bond donors (Lipinski definition) is 1. The number of hydrogen-bond acceptors (Lipinski definition) is 5. The first-order valence-electron chi connectivity index (χ1n) is 8.73. The van der Waals surface area contributed by atoms with Crippen molar-refractivity contribution in [1.82, 2.24) is 4.90 Å². The monoisotopic (exact) mass is 408 g/mol. The van der Waals surface area contributed by atoms with Gasteiger partial charge in [-0.2, -0.15) is 0 Å². The molecule has 28 heavy (non-hydrogen) atoms. The molecule has 1 aromatic rings. The Morgan fingerprint density at radius 3 is 2.43 bits per heavy atom. The Balaban J connectivity index is 1.56. The predicted molar refractivity (Wildman–Crippen MR) is 97.7 cm³/mol.